The van der Waals surface area contributed by atoms with E-state index in [4.69, 9.17) is 9.47 Å². The second-order valence-corrected chi connectivity index (χ2v) is 6.13. The summed E-state index contributed by atoms with van der Waals surface area (Å²) in [5, 5.41) is 0. The molecule has 1 saturated heterocycles. The van der Waals surface area contributed by atoms with Crippen molar-refractivity contribution in [2.45, 2.75) is 26.1 Å². The number of anilines is 1. The Balaban J connectivity index is 1.80. The van der Waals surface area contributed by atoms with E-state index in [0.29, 0.717) is 37.4 Å². The number of hydrogen-bond donors (Lipinski definition) is 0. The van der Waals surface area contributed by atoms with E-state index in [1.54, 1.807) is 11.0 Å². The van der Waals surface area contributed by atoms with E-state index in [9.17, 15) is 9.59 Å². The van der Waals surface area contributed by atoms with Gasteiger partial charge in [0, 0.05) is 17.4 Å². The third-order valence-electron chi connectivity index (χ3n) is 3.70. The van der Waals surface area contributed by atoms with E-state index in [0.717, 1.165) is 16.5 Å². The molecule has 112 valence electrons. The van der Waals surface area contributed by atoms with Crippen molar-refractivity contribution in [1.82, 2.24) is 0 Å². The first-order valence-electron chi connectivity index (χ1n) is 6.97. The Morgan fingerprint density at radius 3 is 2.71 bits per heavy atom. The van der Waals surface area contributed by atoms with Gasteiger partial charge in [0.2, 0.25) is 0 Å². The number of rotatable bonds is 3. The fourth-order valence-electron chi connectivity index (χ4n) is 2.76. The van der Waals surface area contributed by atoms with Crippen LogP contribution in [0.1, 0.15) is 28.8 Å². The third kappa shape index (κ3) is 2.75. The van der Waals surface area contributed by atoms with Gasteiger partial charge < -0.3 is 14.4 Å². The lowest BCUT2D eigenvalue weighted by molar-refractivity contribution is -0.179. The van der Waals surface area contributed by atoms with Crippen molar-refractivity contribution in [1.29, 1.82) is 0 Å². The highest BCUT2D eigenvalue weighted by Gasteiger charge is 2.37. The number of ketones is 1. The number of ether oxygens (including phenoxy) is 2. The van der Waals surface area contributed by atoms with Crippen molar-refractivity contribution >= 4 is 33.3 Å². The molecule has 0 aromatic heterocycles. The third-order valence-corrected chi connectivity index (χ3v) is 4.16. The maximum atomic E-state index is 12.2. The first kappa shape index (κ1) is 14.7. The van der Waals surface area contributed by atoms with Crippen LogP contribution in [0, 0.1) is 6.92 Å². The van der Waals surface area contributed by atoms with Gasteiger partial charge in [0.25, 0.3) is 11.7 Å². The molecule has 2 aliphatic rings. The number of benzene rings is 1. The molecule has 2 heterocycles. The molecule has 0 atom stereocenters. The number of hydrogen-bond acceptors (Lipinski definition) is 4. The Morgan fingerprint density at radius 1 is 1.29 bits per heavy atom. The van der Waals surface area contributed by atoms with Gasteiger partial charge in [-0.25, -0.2) is 0 Å². The largest absolute Gasteiger partial charge is 0.353 e. The number of fused-ring (bicyclic) bond motifs is 1. The van der Waals surface area contributed by atoms with Crippen molar-refractivity contribution in [3.05, 3.63) is 27.7 Å². The second kappa shape index (κ2) is 5.87. The zero-order valence-corrected chi connectivity index (χ0v) is 13.3. The SMILES string of the molecule is Cc1cc(Br)cc2c1N(CCC1OCCCO1)C(=O)C2=O. The molecule has 0 unspecified atom stereocenters. The van der Waals surface area contributed by atoms with Crippen LogP contribution in [-0.4, -0.2) is 37.7 Å². The lowest BCUT2D eigenvalue weighted by atomic mass is 10.1. The van der Waals surface area contributed by atoms with Crippen LogP contribution < -0.4 is 4.90 Å². The molecule has 5 nitrogen and oxygen atoms in total. The van der Waals surface area contributed by atoms with Gasteiger partial charge in [0.15, 0.2) is 6.29 Å². The topological polar surface area (TPSA) is 55.8 Å². The predicted octanol–water partition coefficient (Wildman–Crippen LogP) is 2.44. The van der Waals surface area contributed by atoms with Crippen molar-refractivity contribution in [2.75, 3.05) is 24.7 Å². The fourth-order valence-corrected chi connectivity index (χ4v) is 3.33. The quantitative estimate of drug-likeness (QED) is 0.783. The van der Waals surface area contributed by atoms with E-state index in [2.05, 4.69) is 15.9 Å². The van der Waals surface area contributed by atoms with E-state index < -0.39 is 11.7 Å². The van der Waals surface area contributed by atoms with Crippen LogP contribution in [0.5, 0.6) is 0 Å². The van der Waals surface area contributed by atoms with Crippen molar-refractivity contribution in [2.24, 2.45) is 0 Å². The lowest BCUT2D eigenvalue weighted by Gasteiger charge is -2.26. The van der Waals surface area contributed by atoms with Crippen LogP contribution in [0.3, 0.4) is 0 Å². The number of aryl methyl sites for hydroxylation is 1. The van der Waals surface area contributed by atoms with Crippen LogP contribution in [0.25, 0.3) is 0 Å². The number of carbonyl (C=O) groups excluding carboxylic acids is 2. The van der Waals surface area contributed by atoms with Crippen LogP contribution in [0.2, 0.25) is 0 Å². The Bertz CT molecular complexity index is 596. The lowest BCUT2D eigenvalue weighted by Crippen LogP contribution is -2.35. The van der Waals surface area contributed by atoms with Crippen molar-refractivity contribution in [3.63, 3.8) is 0 Å². The molecular weight excluding hydrogens is 338 g/mol. The minimum Gasteiger partial charge on any atom is -0.353 e. The molecule has 0 bridgehead atoms. The van der Waals surface area contributed by atoms with Gasteiger partial charge in [-0.1, -0.05) is 15.9 Å². The molecule has 1 aromatic rings. The number of nitrogens with zero attached hydrogens (tertiary/aromatic N) is 1. The molecule has 1 fully saturated rings. The Hall–Kier alpha value is -1.24. The molecule has 0 N–H and O–H groups in total. The van der Waals surface area contributed by atoms with Gasteiger partial charge in [-0.2, -0.15) is 0 Å². The first-order chi connectivity index (χ1) is 10.1. The van der Waals surface area contributed by atoms with Gasteiger partial charge in [-0.05, 0) is 31.0 Å². The maximum absolute atomic E-state index is 12.2. The molecule has 0 saturated carbocycles. The summed E-state index contributed by atoms with van der Waals surface area (Å²) in [6, 6.07) is 3.61. The summed E-state index contributed by atoms with van der Waals surface area (Å²) in [5.41, 5.74) is 2.09. The molecule has 0 aliphatic carbocycles. The normalized spacial score (nSPS) is 19.2. The number of amides is 1. The van der Waals surface area contributed by atoms with Crippen LogP contribution in [-0.2, 0) is 14.3 Å². The molecule has 2 aliphatic heterocycles. The van der Waals surface area contributed by atoms with E-state index in [-0.39, 0.29) is 6.29 Å². The second-order valence-electron chi connectivity index (χ2n) is 5.22. The maximum Gasteiger partial charge on any atom is 0.299 e. The minimum absolute atomic E-state index is 0.290. The molecular formula is C15H16BrNO4. The summed E-state index contributed by atoms with van der Waals surface area (Å²) in [5.74, 6) is -0.915. The van der Waals surface area contributed by atoms with Gasteiger partial charge >= 0.3 is 0 Å². The zero-order valence-electron chi connectivity index (χ0n) is 11.7. The molecule has 0 spiro atoms. The summed E-state index contributed by atoms with van der Waals surface area (Å²) >= 11 is 3.36. The monoisotopic (exact) mass is 353 g/mol. The van der Waals surface area contributed by atoms with Gasteiger partial charge in [0.05, 0.1) is 24.5 Å². The van der Waals surface area contributed by atoms with Crippen LogP contribution >= 0.6 is 15.9 Å². The predicted molar refractivity (Wildman–Crippen MR) is 80.5 cm³/mol. The van der Waals surface area contributed by atoms with Crippen molar-refractivity contribution in [3.8, 4) is 0 Å². The van der Waals surface area contributed by atoms with Gasteiger partial charge in [-0.3, -0.25) is 9.59 Å². The number of Topliss-reactive ketones (excluding diaryl/α,β-unsaturated/α-hetero) is 1. The van der Waals surface area contributed by atoms with Gasteiger partial charge in [0.1, 0.15) is 0 Å². The summed E-state index contributed by atoms with van der Waals surface area (Å²) in [6.07, 6.45) is 1.17. The Labute approximate surface area is 131 Å². The molecule has 3 rings (SSSR count). The number of carbonyl (C=O) groups is 2. The summed E-state index contributed by atoms with van der Waals surface area (Å²) in [7, 11) is 0. The minimum atomic E-state index is -0.470. The van der Waals surface area contributed by atoms with E-state index in [1.807, 2.05) is 13.0 Å². The Kier molecular flexibility index (Phi) is 4.10. The van der Waals surface area contributed by atoms with Gasteiger partial charge in [-0.15, -0.1) is 0 Å². The highest BCUT2D eigenvalue weighted by Crippen LogP contribution is 2.35. The molecule has 1 amide bonds. The first-order valence-corrected chi connectivity index (χ1v) is 7.77. The van der Waals surface area contributed by atoms with Crippen LogP contribution in [0.4, 0.5) is 5.69 Å². The van der Waals surface area contributed by atoms with E-state index in [1.165, 1.54) is 0 Å². The van der Waals surface area contributed by atoms with Crippen molar-refractivity contribution < 1.29 is 19.1 Å². The highest BCUT2D eigenvalue weighted by atomic mass is 79.9. The fraction of sp³-hybridized carbons (Fsp3) is 0.467. The molecule has 1 aromatic carbocycles. The standard InChI is InChI=1S/C15H16BrNO4/c1-9-7-10(16)8-11-13(9)17(15(19)14(11)18)4-3-12-20-5-2-6-21-12/h7-8,12H,2-6H2,1H3. The number of halogens is 1. The molecule has 0 radical (unpaired) electrons. The molecule has 21 heavy (non-hydrogen) atoms. The smallest absolute Gasteiger partial charge is 0.299 e. The summed E-state index contributed by atoms with van der Waals surface area (Å²) < 4.78 is 11.8. The zero-order chi connectivity index (χ0) is 15.0. The molecule has 6 heteroatoms. The highest BCUT2D eigenvalue weighted by molar-refractivity contribution is 9.10. The summed E-state index contributed by atoms with van der Waals surface area (Å²) in [6.45, 7) is 3.68. The van der Waals surface area contributed by atoms with E-state index >= 15 is 0 Å². The average molecular weight is 354 g/mol. The van der Waals surface area contributed by atoms with Crippen LogP contribution in [0.15, 0.2) is 16.6 Å². The summed E-state index contributed by atoms with van der Waals surface area (Å²) in [4.78, 5) is 25.8. The average Bonchev–Trinajstić information content (AvgIpc) is 2.71. The Morgan fingerprint density at radius 2 is 2.00 bits per heavy atom.